The first-order valence-corrected chi connectivity index (χ1v) is 20.5. The first-order chi connectivity index (χ1) is 21.1. The topological polar surface area (TPSA) is 0 Å². The van der Waals surface area contributed by atoms with Crippen LogP contribution in [0, 0.1) is 0 Å². The molecule has 0 saturated heterocycles. The van der Waals surface area contributed by atoms with Gasteiger partial charge in [-0.3, -0.25) is 0 Å². The van der Waals surface area contributed by atoms with Crippen LogP contribution in [0.4, 0.5) is 0 Å². The smallest absolute Gasteiger partial charge is 0.147 e. The number of unbranched alkanes of at least 4 members (excludes halogenated alkanes) is 2. The van der Waals surface area contributed by atoms with Gasteiger partial charge in [-0.15, -0.1) is 24.8 Å². The normalized spacial score (nSPS) is 13.9. The van der Waals surface area contributed by atoms with E-state index in [1.54, 1.807) is 17.7 Å². The summed E-state index contributed by atoms with van der Waals surface area (Å²) in [7, 11) is 0. The van der Waals surface area contributed by atoms with Gasteiger partial charge in [-0.25, -0.2) is 0 Å². The van der Waals surface area contributed by atoms with Gasteiger partial charge in [-0.2, -0.15) is 0 Å². The van der Waals surface area contributed by atoms with Crippen molar-refractivity contribution in [3.63, 3.8) is 0 Å². The molecule has 240 valence electrons. The van der Waals surface area contributed by atoms with Crippen molar-refractivity contribution in [2.75, 3.05) is 0 Å². The molecule has 0 heterocycles. The van der Waals surface area contributed by atoms with Gasteiger partial charge in [0.15, 0.2) is 0 Å². The summed E-state index contributed by atoms with van der Waals surface area (Å²) < 4.78 is 6.31. The minimum atomic E-state index is -2.40. The molecule has 0 aromatic heterocycles. The Hall–Kier alpha value is -2.31. The van der Waals surface area contributed by atoms with Gasteiger partial charge in [0.2, 0.25) is 0 Å². The van der Waals surface area contributed by atoms with Crippen molar-refractivity contribution < 1.29 is 21.3 Å². The Labute approximate surface area is 298 Å². The number of fused-ring (bicyclic) bond motifs is 3. The van der Waals surface area contributed by atoms with Crippen molar-refractivity contribution in [2.45, 2.75) is 91.4 Å². The van der Waals surface area contributed by atoms with E-state index in [1.807, 2.05) is 0 Å². The number of hydrogen-bond acceptors (Lipinski definition) is 0. The average molecular weight is 729 g/mol. The summed E-state index contributed by atoms with van der Waals surface area (Å²) >= 11 is -2.40. The molecule has 0 unspecified atom stereocenters. The maximum atomic E-state index is 2.85. The number of rotatable bonds is 7. The summed E-state index contributed by atoms with van der Waals surface area (Å²) in [5.41, 5.74) is 14.7. The van der Waals surface area contributed by atoms with Crippen molar-refractivity contribution in [1.29, 1.82) is 0 Å². The molecule has 0 N–H and O–H groups in total. The van der Waals surface area contributed by atoms with Crippen molar-refractivity contribution >= 4 is 31.8 Å². The molecule has 2 aliphatic carbocycles. The van der Waals surface area contributed by atoms with E-state index < -0.39 is 21.3 Å². The second kappa shape index (κ2) is 14.9. The average Bonchev–Trinajstić information content (AvgIpc) is 3.66. The van der Waals surface area contributed by atoms with Crippen molar-refractivity contribution in [2.24, 2.45) is 0 Å². The molecular weight excluding hydrogens is 679 g/mol. The number of benzene rings is 4. The Bertz CT molecular complexity index is 1780. The summed E-state index contributed by atoms with van der Waals surface area (Å²) in [6.45, 7) is 16.7. The minimum absolute atomic E-state index is 0. The predicted molar refractivity (Wildman–Crippen MR) is 205 cm³/mol. The van der Waals surface area contributed by atoms with Crippen LogP contribution in [0.2, 0.25) is 0 Å². The Kier molecular flexibility index (Phi) is 11.8. The minimum Gasteiger partial charge on any atom is -0.147 e. The van der Waals surface area contributed by atoms with Crippen LogP contribution in [0.25, 0.3) is 33.4 Å². The molecule has 0 bridgehead atoms. The van der Waals surface area contributed by atoms with Crippen LogP contribution in [-0.2, 0) is 38.5 Å². The van der Waals surface area contributed by atoms with Crippen molar-refractivity contribution in [1.82, 2.24) is 0 Å². The molecule has 3 heteroatoms. The van der Waals surface area contributed by atoms with Gasteiger partial charge in [-0.05, 0) is 0 Å². The summed E-state index contributed by atoms with van der Waals surface area (Å²) in [4.78, 5) is 0. The monoisotopic (exact) mass is 726 g/mol. The first-order valence-electron chi connectivity index (χ1n) is 16.6. The second-order valence-corrected chi connectivity index (χ2v) is 20.6. The molecule has 0 aliphatic heterocycles. The fourth-order valence-electron chi connectivity index (χ4n) is 7.14. The third kappa shape index (κ3) is 7.23. The molecule has 0 saturated carbocycles. The van der Waals surface area contributed by atoms with Gasteiger partial charge in [-0.1, -0.05) is 0 Å². The molecule has 0 atom stereocenters. The number of allylic oxidation sites excluding steroid dienone is 4. The molecular formula is C43H50Cl2Zr. The van der Waals surface area contributed by atoms with E-state index in [-0.39, 0.29) is 35.6 Å². The van der Waals surface area contributed by atoms with Crippen molar-refractivity contribution in [3.05, 3.63) is 123 Å². The summed E-state index contributed by atoms with van der Waals surface area (Å²) in [5.74, 6) is 0. The summed E-state index contributed by atoms with van der Waals surface area (Å²) in [6.07, 6.45) is 13.1. The van der Waals surface area contributed by atoms with E-state index >= 15 is 0 Å². The summed E-state index contributed by atoms with van der Waals surface area (Å²) in [6, 6.07) is 30.1. The zero-order chi connectivity index (χ0) is 31.1. The molecule has 2 aliphatic rings. The Balaban J connectivity index is 0.00000240. The van der Waals surface area contributed by atoms with Crippen LogP contribution in [0.1, 0.15) is 96.4 Å². The number of halogens is 2. The van der Waals surface area contributed by atoms with E-state index in [4.69, 9.17) is 0 Å². The van der Waals surface area contributed by atoms with E-state index in [2.05, 4.69) is 149 Å². The summed E-state index contributed by atoms with van der Waals surface area (Å²) in [5, 5.41) is 0. The zero-order valence-corrected chi connectivity index (χ0v) is 32.8. The molecule has 0 fully saturated rings. The fourth-order valence-corrected chi connectivity index (χ4v) is 14.5. The molecule has 0 radical (unpaired) electrons. The molecule has 4 aromatic carbocycles. The molecule has 4 aromatic rings. The molecule has 0 amide bonds. The Morgan fingerprint density at radius 3 is 1.89 bits per heavy atom. The van der Waals surface area contributed by atoms with E-state index in [0.29, 0.717) is 0 Å². The van der Waals surface area contributed by atoms with Gasteiger partial charge < -0.3 is 0 Å². The molecule has 0 nitrogen and oxygen atoms in total. The zero-order valence-electron chi connectivity index (χ0n) is 28.7. The largest absolute Gasteiger partial charge is 0.147 e. The van der Waals surface area contributed by atoms with E-state index in [1.165, 1.54) is 63.8 Å². The van der Waals surface area contributed by atoms with Gasteiger partial charge in [0.25, 0.3) is 0 Å². The van der Waals surface area contributed by atoms with Gasteiger partial charge in [0, 0.05) is 0 Å². The fraction of sp³-hybridized carbons (Fsp3) is 0.326. The predicted octanol–water partition coefficient (Wildman–Crippen LogP) is 12.1. The van der Waals surface area contributed by atoms with Crippen LogP contribution in [-0.4, -0.2) is 3.71 Å². The third-order valence-electron chi connectivity index (χ3n) is 9.39. The van der Waals surface area contributed by atoms with Crippen LogP contribution in [0.15, 0.2) is 100 Å². The Morgan fingerprint density at radius 2 is 1.33 bits per heavy atom. The van der Waals surface area contributed by atoms with Crippen molar-refractivity contribution in [3.8, 4) is 33.4 Å². The second-order valence-electron chi connectivity index (χ2n) is 14.7. The van der Waals surface area contributed by atoms with E-state index in [9.17, 15) is 0 Å². The van der Waals surface area contributed by atoms with Crippen LogP contribution in [0.5, 0.6) is 0 Å². The SMILES string of the molecule is CCCC/[CH]=[Zr](/[C]1=CC=CC1)[c]1c2c(cc(C(C)(C)C)c1-c1ccccc1)-c1cc(C(C)(C)C)c(-c3ccccc3)cc1C2.Cl.Cl. The van der Waals surface area contributed by atoms with Gasteiger partial charge in [0.1, 0.15) is 0 Å². The molecule has 6 rings (SSSR count). The van der Waals surface area contributed by atoms with Crippen LogP contribution < -0.4 is 3.27 Å². The van der Waals surface area contributed by atoms with Gasteiger partial charge in [0.05, 0.1) is 0 Å². The number of hydrogen-bond donors (Lipinski definition) is 0. The maximum Gasteiger partial charge on any atom is -0.147 e. The quantitative estimate of drug-likeness (QED) is 0.146. The van der Waals surface area contributed by atoms with Crippen LogP contribution >= 0.6 is 24.8 Å². The molecule has 46 heavy (non-hydrogen) atoms. The van der Waals surface area contributed by atoms with E-state index in [0.717, 1.165) is 12.8 Å². The third-order valence-corrected chi connectivity index (χ3v) is 16.4. The van der Waals surface area contributed by atoms with Crippen LogP contribution in [0.3, 0.4) is 0 Å². The molecule has 0 spiro atoms. The Morgan fingerprint density at radius 1 is 0.717 bits per heavy atom. The first kappa shape index (κ1) is 36.5. The standard InChI is InChI=1S/C33H33.C5H5.C5H10.2ClH.Zr/c1-32(2,3)30-20-26-24(18-28(30)22-13-9-7-10-14-22)17-25-19-29(23-15-11-8-12-16-23)31(21-27(25)26)33(4,5)6;1-2-4-5-3-1;1-3-5-4-2;;;/h7-16,18,20-21H,17H2,1-6H3;1-3H,4H2;1H,3-5H2,2H3;2*1H;. The van der Waals surface area contributed by atoms with Gasteiger partial charge >= 0.3 is 276 Å². The maximum absolute atomic E-state index is 2.85.